The molecular weight excluding hydrogens is 538 g/mol. The molecule has 1 unspecified atom stereocenters. The number of fused-ring (bicyclic) bond motifs is 2. The molecule has 0 bridgehead atoms. The molecule has 0 aromatic carbocycles. The Labute approximate surface area is 236 Å². The molecule has 4 rings (SSSR count). The van der Waals surface area contributed by atoms with E-state index in [1.807, 2.05) is 12.2 Å². The van der Waals surface area contributed by atoms with E-state index in [1.165, 1.54) is 4.90 Å². The summed E-state index contributed by atoms with van der Waals surface area (Å²) in [5.74, 6) is -2.01. The van der Waals surface area contributed by atoms with Crippen molar-refractivity contribution >= 4 is 34.0 Å². The van der Waals surface area contributed by atoms with Crippen molar-refractivity contribution in [3.63, 3.8) is 0 Å². The Kier molecular flexibility index (Phi) is 9.13. The summed E-state index contributed by atoms with van der Waals surface area (Å²) in [4.78, 5) is 54.5. The lowest BCUT2D eigenvalue weighted by atomic mass is 9.94. The first-order chi connectivity index (χ1) is 18.8. The SMILES string of the molecule is CC(C)(C)OC(=O)NC1CCCCCC=C[C@@H]2C[C@@]2(C(=O)NS(=O)(=O)NC2CCC2)NC(=O)[C@@H]2CCCN2C1=O. The van der Waals surface area contributed by atoms with Crippen LogP contribution >= 0.6 is 0 Å². The molecular formula is C27H43N5O7S. The van der Waals surface area contributed by atoms with E-state index < -0.39 is 51.3 Å². The van der Waals surface area contributed by atoms with Gasteiger partial charge in [0.1, 0.15) is 23.2 Å². The van der Waals surface area contributed by atoms with Gasteiger partial charge in [0.2, 0.25) is 11.8 Å². The average molecular weight is 582 g/mol. The molecule has 0 spiro atoms. The minimum Gasteiger partial charge on any atom is -0.444 e. The molecule has 13 heteroatoms. The summed E-state index contributed by atoms with van der Waals surface area (Å²) >= 11 is 0. The minimum absolute atomic E-state index is 0.194. The van der Waals surface area contributed by atoms with Crippen molar-refractivity contribution in [2.45, 2.75) is 121 Å². The second-order valence-corrected chi connectivity index (χ2v) is 13.9. The van der Waals surface area contributed by atoms with Crippen molar-refractivity contribution in [3.8, 4) is 0 Å². The molecule has 224 valence electrons. The summed E-state index contributed by atoms with van der Waals surface area (Å²) in [6.07, 6.45) is 10.3. The molecule has 2 aliphatic heterocycles. The van der Waals surface area contributed by atoms with Crippen LogP contribution in [0, 0.1) is 5.92 Å². The van der Waals surface area contributed by atoms with Crippen LogP contribution in [0.1, 0.15) is 91.4 Å². The van der Waals surface area contributed by atoms with Gasteiger partial charge in [0.05, 0.1) is 0 Å². The summed E-state index contributed by atoms with van der Waals surface area (Å²) in [7, 11) is -4.08. The van der Waals surface area contributed by atoms with Crippen LogP contribution in [-0.2, 0) is 29.3 Å². The lowest BCUT2D eigenvalue weighted by molar-refractivity contribution is -0.141. The molecule has 3 fully saturated rings. The van der Waals surface area contributed by atoms with Gasteiger partial charge in [-0.2, -0.15) is 13.1 Å². The summed E-state index contributed by atoms with van der Waals surface area (Å²) in [5.41, 5.74) is -2.14. The van der Waals surface area contributed by atoms with Crippen molar-refractivity contribution in [2.24, 2.45) is 5.92 Å². The zero-order chi connectivity index (χ0) is 29.1. The second kappa shape index (κ2) is 12.1. The van der Waals surface area contributed by atoms with Crippen LogP contribution in [-0.4, -0.2) is 72.9 Å². The van der Waals surface area contributed by atoms with E-state index in [4.69, 9.17) is 4.74 Å². The Balaban J connectivity index is 1.52. The second-order valence-electron chi connectivity index (χ2n) is 12.4. The highest BCUT2D eigenvalue weighted by Gasteiger charge is 2.61. The molecule has 2 heterocycles. The fraction of sp³-hybridized carbons (Fsp3) is 0.778. The van der Waals surface area contributed by atoms with E-state index in [9.17, 15) is 27.6 Å². The average Bonchev–Trinajstić information content (AvgIpc) is 3.28. The van der Waals surface area contributed by atoms with Crippen LogP contribution in [0.15, 0.2) is 12.2 Å². The molecule has 4 atom stereocenters. The van der Waals surface area contributed by atoms with Crippen LogP contribution in [0.25, 0.3) is 0 Å². The van der Waals surface area contributed by atoms with Crippen LogP contribution in [0.3, 0.4) is 0 Å². The van der Waals surface area contributed by atoms with Gasteiger partial charge in [-0.15, -0.1) is 0 Å². The predicted octanol–water partition coefficient (Wildman–Crippen LogP) is 1.77. The van der Waals surface area contributed by atoms with Gasteiger partial charge in [0, 0.05) is 18.5 Å². The van der Waals surface area contributed by atoms with Crippen LogP contribution < -0.4 is 20.1 Å². The number of hydrogen-bond acceptors (Lipinski definition) is 7. The Morgan fingerprint density at radius 1 is 1.05 bits per heavy atom. The molecule has 2 aliphatic carbocycles. The zero-order valence-corrected chi connectivity index (χ0v) is 24.5. The largest absolute Gasteiger partial charge is 0.444 e. The Morgan fingerprint density at radius 2 is 1.80 bits per heavy atom. The van der Waals surface area contributed by atoms with Crippen molar-refractivity contribution in [1.82, 2.24) is 25.0 Å². The van der Waals surface area contributed by atoms with E-state index in [0.717, 1.165) is 38.5 Å². The quantitative estimate of drug-likeness (QED) is 0.360. The van der Waals surface area contributed by atoms with Gasteiger partial charge in [-0.05, 0) is 72.1 Å². The topological polar surface area (TPSA) is 163 Å². The van der Waals surface area contributed by atoms with Gasteiger partial charge < -0.3 is 20.3 Å². The maximum Gasteiger partial charge on any atom is 0.408 e. The molecule has 4 aliphatic rings. The highest BCUT2D eigenvalue weighted by molar-refractivity contribution is 7.88. The third kappa shape index (κ3) is 7.54. The highest BCUT2D eigenvalue weighted by atomic mass is 32.2. The number of nitrogens with one attached hydrogen (secondary N) is 4. The number of hydrogen-bond donors (Lipinski definition) is 4. The lowest BCUT2D eigenvalue weighted by Gasteiger charge is -2.31. The third-order valence-corrected chi connectivity index (χ3v) is 9.08. The molecule has 40 heavy (non-hydrogen) atoms. The Morgan fingerprint density at radius 3 is 2.48 bits per heavy atom. The summed E-state index contributed by atoms with van der Waals surface area (Å²) in [5, 5.41) is 5.52. The number of alkyl carbamates (subject to hydrolysis) is 1. The minimum atomic E-state index is -4.08. The Bertz CT molecular complexity index is 1130. The van der Waals surface area contributed by atoms with Crippen molar-refractivity contribution in [1.29, 1.82) is 0 Å². The molecule has 0 aromatic rings. The van der Waals surface area contributed by atoms with Gasteiger partial charge in [0.25, 0.3) is 5.91 Å². The predicted molar refractivity (Wildman–Crippen MR) is 147 cm³/mol. The fourth-order valence-electron chi connectivity index (χ4n) is 5.53. The highest BCUT2D eigenvalue weighted by Crippen LogP contribution is 2.45. The van der Waals surface area contributed by atoms with E-state index in [1.54, 1.807) is 20.8 Å². The number of allylic oxidation sites excluding steroid dienone is 1. The molecule has 0 aromatic heterocycles. The first-order valence-electron chi connectivity index (χ1n) is 14.4. The zero-order valence-electron chi connectivity index (χ0n) is 23.7. The van der Waals surface area contributed by atoms with Crippen molar-refractivity contribution in [3.05, 3.63) is 12.2 Å². The third-order valence-electron chi connectivity index (χ3n) is 7.98. The van der Waals surface area contributed by atoms with Gasteiger partial charge in [-0.25, -0.2) is 9.52 Å². The standard InChI is InChI=1S/C27H43N5O7S/c1-26(2,3)39-25(36)28-20-14-8-6-4-5-7-11-18-17-27(18,24(35)31-40(37,38)30-19-12-9-13-19)29-22(33)21-15-10-16-32(21)23(20)34/h7,11,18-21,30H,4-6,8-10,12-17H2,1-3H3,(H,28,36)(H,29,33)(H,31,35)/t18-,20?,21+,27-/m1/s1. The summed E-state index contributed by atoms with van der Waals surface area (Å²) in [6.45, 7) is 5.56. The molecule has 1 saturated heterocycles. The summed E-state index contributed by atoms with van der Waals surface area (Å²) in [6, 6.07) is -1.88. The first kappa shape index (κ1) is 30.3. The van der Waals surface area contributed by atoms with Crippen LogP contribution in [0.2, 0.25) is 0 Å². The number of carbonyl (C=O) groups excluding carboxylic acids is 4. The van der Waals surface area contributed by atoms with E-state index in [2.05, 4.69) is 20.1 Å². The number of rotatable bonds is 5. The lowest BCUT2D eigenvalue weighted by Crippen LogP contribution is -2.59. The van der Waals surface area contributed by atoms with E-state index in [-0.39, 0.29) is 24.3 Å². The van der Waals surface area contributed by atoms with E-state index in [0.29, 0.717) is 32.2 Å². The molecule has 2 saturated carbocycles. The van der Waals surface area contributed by atoms with Gasteiger partial charge in [0.15, 0.2) is 0 Å². The number of amides is 4. The number of nitrogens with zero attached hydrogens (tertiary/aromatic N) is 1. The molecule has 4 amide bonds. The summed E-state index contributed by atoms with van der Waals surface area (Å²) < 4.78 is 35.2. The molecule has 0 radical (unpaired) electrons. The first-order valence-corrected chi connectivity index (χ1v) is 15.9. The van der Waals surface area contributed by atoms with Crippen LogP contribution in [0.4, 0.5) is 4.79 Å². The fourth-order valence-corrected chi connectivity index (χ4v) is 6.69. The normalized spacial score (nSPS) is 30.1. The van der Waals surface area contributed by atoms with Gasteiger partial charge in [-0.3, -0.25) is 14.4 Å². The van der Waals surface area contributed by atoms with E-state index >= 15 is 0 Å². The maximum atomic E-state index is 13.6. The number of ether oxygens (including phenoxy) is 1. The van der Waals surface area contributed by atoms with Gasteiger partial charge >= 0.3 is 16.3 Å². The smallest absolute Gasteiger partial charge is 0.408 e. The number of carbonyl (C=O) groups is 4. The van der Waals surface area contributed by atoms with Gasteiger partial charge in [-0.1, -0.05) is 31.4 Å². The molecule has 4 N–H and O–H groups in total. The monoisotopic (exact) mass is 581 g/mol. The molecule has 12 nitrogen and oxygen atoms in total. The Hall–Kier alpha value is -2.67. The van der Waals surface area contributed by atoms with Crippen molar-refractivity contribution < 1.29 is 32.3 Å². The maximum absolute atomic E-state index is 13.6. The van der Waals surface area contributed by atoms with Crippen molar-refractivity contribution in [2.75, 3.05) is 6.54 Å². The van der Waals surface area contributed by atoms with Crippen LogP contribution in [0.5, 0.6) is 0 Å².